The summed E-state index contributed by atoms with van der Waals surface area (Å²) in [6, 6.07) is 9.13. The molecular formula is C17H21O2S+. The smallest absolute Gasteiger partial charge is 0.314 e. The van der Waals surface area contributed by atoms with Crippen LogP contribution in [-0.4, -0.2) is 22.6 Å². The zero-order chi connectivity index (χ0) is 14.1. The van der Waals surface area contributed by atoms with Gasteiger partial charge in [-0.15, -0.1) is 0 Å². The van der Waals surface area contributed by atoms with E-state index >= 15 is 0 Å². The minimum atomic E-state index is 0.0730. The highest BCUT2D eigenvalue weighted by Gasteiger charge is 2.70. The van der Waals surface area contributed by atoms with Crippen LogP contribution in [0.3, 0.4) is 0 Å². The third kappa shape index (κ3) is 1.68. The molecule has 2 bridgehead atoms. The van der Waals surface area contributed by atoms with Crippen LogP contribution in [-0.2, 0) is 25.8 Å². The average molecular weight is 289 g/mol. The van der Waals surface area contributed by atoms with Gasteiger partial charge in [0, 0.05) is 23.7 Å². The summed E-state index contributed by atoms with van der Waals surface area (Å²) in [6.07, 6.45) is 2.37. The molecule has 0 radical (unpaired) electrons. The molecule has 0 saturated carbocycles. The Morgan fingerprint density at radius 3 is 2.45 bits per heavy atom. The molecule has 0 aromatic heterocycles. The fraction of sp³-hybridized carbons (Fsp3) is 0.588. The van der Waals surface area contributed by atoms with Gasteiger partial charge in [-0.05, 0) is 23.1 Å². The van der Waals surface area contributed by atoms with E-state index in [0.29, 0.717) is 10.5 Å². The van der Waals surface area contributed by atoms with Crippen molar-refractivity contribution < 1.29 is 9.53 Å². The Morgan fingerprint density at radius 1 is 1.15 bits per heavy atom. The second kappa shape index (κ2) is 4.03. The Bertz CT molecular complexity index is 557. The summed E-state index contributed by atoms with van der Waals surface area (Å²) in [5, 5.41) is 1.16. The van der Waals surface area contributed by atoms with E-state index in [2.05, 4.69) is 45.0 Å². The first-order valence-corrected chi connectivity index (χ1v) is 8.83. The first-order valence-electron chi connectivity index (χ1n) is 7.48. The van der Waals surface area contributed by atoms with E-state index in [4.69, 9.17) is 4.74 Å². The second-order valence-electron chi connectivity index (χ2n) is 7.29. The summed E-state index contributed by atoms with van der Waals surface area (Å²) < 4.78 is 5.54. The predicted molar refractivity (Wildman–Crippen MR) is 81.0 cm³/mol. The monoisotopic (exact) mass is 289 g/mol. The molecule has 5 atom stereocenters. The molecule has 5 unspecified atom stereocenters. The van der Waals surface area contributed by atoms with E-state index in [1.54, 1.807) is 0 Å². The number of hydrogen-bond donors (Lipinski definition) is 0. The Morgan fingerprint density at radius 2 is 1.85 bits per heavy atom. The number of hydrogen-bond acceptors (Lipinski definition) is 2. The van der Waals surface area contributed by atoms with Crippen molar-refractivity contribution in [1.82, 2.24) is 0 Å². The van der Waals surface area contributed by atoms with E-state index in [-0.39, 0.29) is 34.3 Å². The highest BCUT2D eigenvalue weighted by atomic mass is 32.2. The molecule has 0 amide bonds. The van der Waals surface area contributed by atoms with Gasteiger partial charge in [0.15, 0.2) is 16.2 Å². The number of rotatable bonds is 1. The fourth-order valence-corrected chi connectivity index (χ4v) is 7.46. The Balaban J connectivity index is 1.65. The quantitative estimate of drug-likeness (QED) is 0.587. The van der Waals surface area contributed by atoms with Crippen molar-refractivity contribution in [2.24, 2.45) is 5.92 Å². The molecule has 4 rings (SSSR count). The molecule has 1 aromatic carbocycles. The van der Waals surface area contributed by atoms with Crippen molar-refractivity contribution in [1.29, 1.82) is 0 Å². The molecule has 106 valence electrons. The van der Waals surface area contributed by atoms with Crippen LogP contribution in [0, 0.1) is 5.92 Å². The zero-order valence-corrected chi connectivity index (χ0v) is 13.1. The molecule has 3 heterocycles. The number of benzene rings is 1. The topological polar surface area (TPSA) is 26.3 Å². The Kier molecular flexibility index (Phi) is 2.57. The van der Waals surface area contributed by atoms with Crippen molar-refractivity contribution in [3.63, 3.8) is 0 Å². The molecule has 2 nitrogen and oxygen atoms in total. The Labute approximate surface area is 123 Å². The van der Waals surface area contributed by atoms with Gasteiger partial charge in [-0.2, -0.15) is 0 Å². The van der Waals surface area contributed by atoms with Crippen LogP contribution in [0.5, 0.6) is 0 Å². The van der Waals surface area contributed by atoms with Crippen LogP contribution < -0.4 is 0 Å². The van der Waals surface area contributed by atoms with E-state index in [9.17, 15) is 4.79 Å². The largest absolute Gasteiger partial charge is 0.456 e. The van der Waals surface area contributed by atoms with Crippen molar-refractivity contribution in [3.05, 3.63) is 29.8 Å². The molecule has 3 aliphatic rings. The van der Waals surface area contributed by atoms with Crippen LogP contribution >= 0.6 is 0 Å². The molecular weight excluding hydrogens is 268 g/mol. The van der Waals surface area contributed by atoms with Crippen LogP contribution in [0.2, 0.25) is 0 Å². The van der Waals surface area contributed by atoms with Gasteiger partial charge < -0.3 is 4.74 Å². The second-order valence-corrected chi connectivity index (χ2v) is 9.71. The minimum Gasteiger partial charge on any atom is -0.456 e. The average Bonchev–Trinajstić information content (AvgIpc) is 2.96. The maximum atomic E-state index is 11.8. The van der Waals surface area contributed by atoms with Crippen molar-refractivity contribution in [3.8, 4) is 0 Å². The lowest BCUT2D eigenvalue weighted by Crippen LogP contribution is -2.25. The molecule has 3 aliphatic heterocycles. The van der Waals surface area contributed by atoms with Gasteiger partial charge in [0.2, 0.25) is 0 Å². The number of esters is 1. The van der Waals surface area contributed by atoms with Crippen LogP contribution in [0.1, 0.15) is 39.2 Å². The van der Waals surface area contributed by atoms with Crippen molar-refractivity contribution >= 4 is 16.9 Å². The van der Waals surface area contributed by atoms with Gasteiger partial charge in [0.05, 0.1) is 0 Å². The fourth-order valence-electron chi connectivity index (χ4n) is 3.98. The highest BCUT2D eigenvalue weighted by molar-refractivity contribution is 7.98. The van der Waals surface area contributed by atoms with Gasteiger partial charge in [0.25, 0.3) is 0 Å². The molecule has 3 heteroatoms. The van der Waals surface area contributed by atoms with Gasteiger partial charge in [-0.25, -0.2) is 0 Å². The summed E-state index contributed by atoms with van der Waals surface area (Å²) in [4.78, 5) is 13.3. The van der Waals surface area contributed by atoms with Crippen molar-refractivity contribution in [2.75, 3.05) is 0 Å². The van der Waals surface area contributed by atoms with Crippen LogP contribution in [0.4, 0.5) is 0 Å². The zero-order valence-electron chi connectivity index (χ0n) is 12.3. The van der Waals surface area contributed by atoms with Gasteiger partial charge in [0.1, 0.15) is 11.2 Å². The lowest BCUT2D eigenvalue weighted by Gasteiger charge is -2.19. The SMILES string of the molecule is CC(C)(C)c1ccc([S+]2C3CC4OC(=O)C(C3)C42)cc1. The third-order valence-corrected chi connectivity index (χ3v) is 8.13. The lowest BCUT2D eigenvalue weighted by molar-refractivity contribution is -0.143. The van der Waals surface area contributed by atoms with E-state index < -0.39 is 0 Å². The molecule has 3 saturated heterocycles. The van der Waals surface area contributed by atoms with E-state index in [0.717, 1.165) is 12.8 Å². The number of ether oxygens (including phenoxy) is 1. The third-order valence-electron chi connectivity index (χ3n) is 4.99. The molecule has 0 spiro atoms. The Hall–Kier alpha value is -0.960. The van der Waals surface area contributed by atoms with Gasteiger partial charge in [-0.3, -0.25) is 4.79 Å². The van der Waals surface area contributed by atoms with E-state index in [1.807, 2.05) is 0 Å². The van der Waals surface area contributed by atoms with E-state index in [1.165, 1.54) is 10.5 Å². The molecule has 3 fully saturated rings. The van der Waals surface area contributed by atoms with Gasteiger partial charge in [-0.1, -0.05) is 32.9 Å². The predicted octanol–water partition coefficient (Wildman–Crippen LogP) is 3.05. The summed E-state index contributed by atoms with van der Waals surface area (Å²) in [5.41, 5.74) is 1.58. The number of carbonyl (C=O) groups is 1. The molecule has 0 N–H and O–H groups in total. The van der Waals surface area contributed by atoms with Crippen LogP contribution in [0.15, 0.2) is 29.2 Å². The molecule has 20 heavy (non-hydrogen) atoms. The van der Waals surface area contributed by atoms with Gasteiger partial charge >= 0.3 is 5.97 Å². The first-order chi connectivity index (χ1) is 9.45. The summed E-state index contributed by atoms with van der Waals surface area (Å²) in [6.45, 7) is 6.74. The first kappa shape index (κ1) is 12.8. The standard InChI is InChI=1S/C17H21O2S/c1-17(2,3)10-4-6-11(7-5-10)20-12-8-13-15(20)14(9-12)19-16(13)18/h4-7,12-15H,8-9H2,1-3H3/q+1. The summed E-state index contributed by atoms with van der Waals surface area (Å²) >= 11 is 0. The number of carbonyl (C=O) groups excluding carboxylic acids is 1. The normalized spacial score (nSPS) is 38.4. The maximum absolute atomic E-state index is 11.8. The highest BCUT2D eigenvalue weighted by Crippen LogP contribution is 2.54. The molecule has 0 aliphatic carbocycles. The molecule has 1 aromatic rings. The number of fused-ring (bicyclic) bond motifs is 1. The summed E-state index contributed by atoms with van der Waals surface area (Å²) in [5.74, 6) is 0.271. The van der Waals surface area contributed by atoms with Crippen LogP contribution in [0.25, 0.3) is 0 Å². The lowest BCUT2D eigenvalue weighted by atomic mass is 9.87. The van der Waals surface area contributed by atoms with Crippen molar-refractivity contribution in [2.45, 2.75) is 60.5 Å². The summed E-state index contributed by atoms with van der Waals surface area (Å²) in [7, 11) is 0.232. The maximum Gasteiger partial charge on any atom is 0.314 e. The minimum absolute atomic E-state index is 0.0730.